The lowest BCUT2D eigenvalue weighted by molar-refractivity contribution is 0.754. The summed E-state index contributed by atoms with van der Waals surface area (Å²) in [6.45, 7) is 0. The molecule has 354 valence electrons. The molecule has 0 N–H and O–H groups in total. The van der Waals surface area contributed by atoms with Crippen molar-refractivity contribution in [2.75, 3.05) is 0 Å². The maximum Gasteiger partial charge on any atom is 0.160 e. The van der Waals surface area contributed by atoms with Crippen LogP contribution in [-0.4, -0.2) is 29.9 Å². The van der Waals surface area contributed by atoms with Crippen molar-refractivity contribution in [1.82, 2.24) is 29.9 Å². The van der Waals surface area contributed by atoms with Gasteiger partial charge in [-0.15, -0.1) is 0 Å². The van der Waals surface area contributed by atoms with Crippen molar-refractivity contribution in [2.24, 2.45) is 0 Å². The van der Waals surface area contributed by atoms with Crippen LogP contribution in [0.4, 0.5) is 0 Å². The largest absolute Gasteiger partial charge is 0.256 e. The summed E-state index contributed by atoms with van der Waals surface area (Å²) in [6.07, 6.45) is 3.68. The van der Waals surface area contributed by atoms with Gasteiger partial charge in [-0.05, 0) is 116 Å². The van der Waals surface area contributed by atoms with Gasteiger partial charge in [0.2, 0.25) is 0 Å². The van der Waals surface area contributed by atoms with Crippen LogP contribution in [0.1, 0.15) is 45.2 Å². The minimum absolute atomic E-state index is 0.0104. The highest BCUT2D eigenvalue weighted by atomic mass is 14.9. The lowest BCUT2D eigenvalue weighted by Gasteiger charge is -2.42. The SMILES string of the molecule is c1ccc(-c2cc(-c3ccccc3-c3ccc4ncccc4c3)nc(-c3ccc4c(c3)C3c5ccccc5C4c4cc(-c5nc(-c6ccccc6)cc(-c6ccccc6-c6ccc7ncccc7c6)n5)ccc43)n2)cc1. The van der Waals surface area contributed by atoms with Crippen LogP contribution in [0.2, 0.25) is 0 Å². The van der Waals surface area contributed by atoms with E-state index < -0.39 is 0 Å². The molecule has 2 unspecified atom stereocenters. The summed E-state index contributed by atoms with van der Waals surface area (Å²) in [5.74, 6) is 1.40. The number of benzene rings is 9. The Morgan fingerprint density at radius 2 is 0.618 bits per heavy atom. The first kappa shape index (κ1) is 43.5. The number of hydrogen-bond donors (Lipinski definition) is 0. The van der Waals surface area contributed by atoms with Crippen LogP contribution in [0.15, 0.2) is 255 Å². The van der Waals surface area contributed by atoms with Crippen molar-refractivity contribution >= 4 is 21.8 Å². The molecule has 0 amide bonds. The van der Waals surface area contributed by atoms with Gasteiger partial charge in [-0.3, -0.25) is 9.97 Å². The first-order valence-corrected chi connectivity index (χ1v) is 25.8. The molecular weight excluding hydrogens is 925 g/mol. The Morgan fingerprint density at radius 1 is 0.237 bits per heavy atom. The lowest BCUT2D eigenvalue weighted by atomic mass is 9.61. The van der Waals surface area contributed by atoms with Gasteiger partial charge in [0, 0.05) is 68.4 Å². The van der Waals surface area contributed by atoms with Crippen molar-refractivity contribution in [2.45, 2.75) is 11.8 Å². The summed E-state index contributed by atoms with van der Waals surface area (Å²) in [5, 5.41) is 2.19. The predicted molar refractivity (Wildman–Crippen MR) is 306 cm³/mol. The molecule has 2 atom stereocenters. The molecule has 0 saturated heterocycles. The second kappa shape index (κ2) is 17.9. The molecule has 0 spiro atoms. The van der Waals surface area contributed by atoms with E-state index in [1.807, 2.05) is 36.7 Å². The molecule has 4 aromatic heterocycles. The van der Waals surface area contributed by atoms with E-state index in [-0.39, 0.29) is 11.8 Å². The molecule has 9 aromatic carbocycles. The molecule has 6 heteroatoms. The van der Waals surface area contributed by atoms with Crippen LogP contribution in [0, 0.1) is 0 Å². The molecule has 2 bridgehead atoms. The molecule has 3 aliphatic rings. The lowest BCUT2D eigenvalue weighted by Crippen LogP contribution is -2.27. The Hall–Kier alpha value is -10.0. The van der Waals surface area contributed by atoms with E-state index in [0.29, 0.717) is 11.6 Å². The number of rotatable bonds is 8. The molecule has 6 nitrogen and oxygen atoms in total. The van der Waals surface area contributed by atoms with E-state index in [4.69, 9.17) is 19.9 Å². The standard InChI is InChI=1S/C70H44N6/c1-3-15-43(16-4-1)63-41-65(53-23-9-7-21-51(53)45-29-33-61-47(37-45)19-13-35-71-61)75-69(73-63)49-27-31-57-59(39-49)67-55-25-11-12-26-56(55)68(57)60-40-50(28-32-58(60)67)70-74-64(44-17-5-2-6-18-44)42-66(76-70)54-24-10-8-22-52(54)46-30-34-62-48(38-46)20-14-36-72-62/h1-42,67-68H. The molecule has 0 fully saturated rings. The molecule has 0 radical (unpaired) electrons. The predicted octanol–water partition coefficient (Wildman–Crippen LogP) is 16.7. The van der Waals surface area contributed by atoms with Crippen molar-refractivity contribution in [3.8, 4) is 90.1 Å². The second-order valence-corrected chi connectivity index (χ2v) is 19.8. The Balaban J connectivity index is 0.850. The molecule has 0 saturated carbocycles. The molecule has 76 heavy (non-hydrogen) atoms. The number of pyridine rings is 2. The van der Waals surface area contributed by atoms with Gasteiger partial charge in [0.05, 0.1) is 33.8 Å². The van der Waals surface area contributed by atoms with Crippen LogP contribution in [-0.2, 0) is 0 Å². The minimum Gasteiger partial charge on any atom is -0.256 e. The Bertz CT molecular complexity index is 4150. The number of aromatic nitrogens is 6. The topological polar surface area (TPSA) is 77.3 Å². The van der Waals surface area contributed by atoms with E-state index >= 15 is 0 Å². The normalized spacial score (nSPS) is 14.1. The van der Waals surface area contributed by atoms with Crippen molar-refractivity contribution in [3.05, 3.63) is 288 Å². The fourth-order valence-corrected chi connectivity index (χ4v) is 11.8. The highest BCUT2D eigenvalue weighted by molar-refractivity contribution is 5.92. The molecular formula is C70H44N6. The zero-order valence-electron chi connectivity index (χ0n) is 41.1. The third kappa shape index (κ3) is 7.41. The first-order valence-electron chi connectivity index (χ1n) is 25.8. The van der Waals surface area contributed by atoms with Crippen LogP contribution >= 0.6 is 0 Å². The number of hydrogen-bond acceptors (Lipinski definition) is 6. The number of fused-ring (bicyclic) bond motifs is 2. The Labute approximate surface area is 439 Å². The third-order valence-electron chi connectivity index (χ3n) is 15.4. The monoisotopic (exact) mass is 968 g/mol. The maximum absolute atomic E-state index is 5.45. The zero-order valence-corrected chi connectivity index (χ0v) is 41.1. The van der Waals surface area contributed by atoms with Crippen LogP contribution in [0.5, 0.6) is 0 Å². The van der Waals surface area contributed by atoms with Gasteiger partial charge in [0.25, 0.3) is 0 Å². The van der Waals surface area contributed by atoms with E-state index in [9.17, 15) is 0 Å². The summed E-state index contributed by atoms with van der Waals surface area (Å²) in [6, 6.07) is 86.2. The van der Waals surface area contributed by atoms with Crippen molar-refractivity contribution < 1.29 is 0 Å². The Morgan fingerprint density at radius 3 is 1.08 bits per heavy atom. The maximum atomic E-state index is 5.45. The van der Waals surface area contributed by atoms with Gasteiger partial charge >= 0.3 is 0 Å². The first-order chi connectivity index (χ1) is 37.6. The van der Waals surface area contributed by atoms with Gasteiger partial charge in [-0.1, -0.05) is 182 Å². The van der Waals surface area contributed by atoms with Crippen LogP contribution in [0.3, 0.4) is 0 Å². The highest BCUT2D eigenvalue weighted by Gasteiger charge is 2.41. The van der Waals surface area contributed by atoms with Gasteiger partial charge in [-0.2, -0.15) is 0 Å². The van der Waals surface area contributed by atoms with E-state index in [1.54, 1.807) is 0 Å². The molecule has 16 rings (SSSR count). The summed E-state index contributed by atoms with van der Waals surface area (Å²) in [4.78, 5) is 30.8. The van der Waals surface area contributed by atoms with E-state index in [0.717, 1.165) is 100 Å². The third-order valence-corrected chi connectivity index (χ3v) is 15.4. The zero-order chi connectivity index (χ0) is 50.1. The minimum atomic E-state index is 0.0104. The van der Waals surface area contributed by atoms with Crippen LogP contribution in [0.25, 0.3) is 112 Å². The van der Waals surface area contributed by atoms with Gasteiger partial charge < -0.3 is 0 Å². The molecule has 3 aliphatic carbocycles. The fraction of sp³-hybridized carbons (Fsp3) is 0.0286. The summed E-state index contributed by atoms with van der Waals surface area (Å²) in [5.41, 5.74) is 23.8. The molecule has 13 aromatic rings. The quantitative estimate of drug-likeness (QED) is 0.151. The molecule has 4 heterocycles. The second-order valence-electron chi connectivity index (χ2n) is 19.8. The fourth-order valence-electron chi connectivity index (χ4n) is 11.8. The summed E-state index contributed by atoms with van der Waals surface area (Å²) < 4.78 is 0. The Kier molecular flexibility index (Phi) is 10.2. The van der Waals surface area contributed by atoms with Gasteiger partial charge in [-0.25, -0.2) is 19.9 Å². The van der Waals surface area contributed by atoms with Crippen molar-refractivity contribution in [3.63, 3.8) is 0 Å². The summed E-state index contributed by atoms with van der Waals surface area (Å²) >= 11 is 0. The van der Waals surface area contributed by atoms with Gasteiger partial charge in [0.15, 0.2) is 11.6 Å². The van der Waals surface area contributed by atoms with E-state index in [1.165, 1.54) is 33.4 Å². The summed E-state index contributed by atoms with van der Waals surface area (Å²) in [7, 11) is 0. The molecule has 0 aliphatic heterocycles. The smallest absolute Gasteiger partial charge is 0.160 e. The van der Waals surface area contributed by atoms with Crippen LogP contribution < -0.4 is 0 Å². The average Bonchev–Trinajstić information content (AvgIpc) is 3.65. The van der Waals surface area contributed by atoms with E-state index in [2.05, 4.69) is 228 Å². The van der Waals surface area contributed by atoms with Crippen molar-refractivity contribution in [1.29, 1.82) is 0 Å². The number of nitrogens with zero attached hydrogens (tertiary/aromatic N) is 6. The van der Waals surface area contributed by atoms with Gasteiger partial charge in [0.1, 0.15) is 0 Å². The highest BCUT2D eigenvalue weighted by Crippen LogP contribution is 2.57. The average molecular weight is 969 g/mol.